The van der Waals surface area contributed by atoms with Crippen LogP contribution in [0.3, 0.4) is 0 Å². The zero-order valence-electron chi connectivity index (χ0n) is 14.3. The van der Waals surface area contributed by atoms with Crippen LogP contribution in [0, 0.1) is 12.7 Å². The minimum Gasteiger partial charge on any atom is -0.314 e. The predicted octanol–water partition coefficient (Wildman–Crippen LogP) is 5.25. The molecule has 6 heteroatoms. The molecular weight excluding hydrogens is 417 g/mol. The topological polar surface area (TPSA) is 42.2 Å². The Hall–Kier alpha value is -1.76. The van der Waals surface area contributed by atoms with Crippen LogP contribution in [0.4, 0.5) is 4.39 Å². The van der Waals surface area contributed by atoms with E-state index in [9.17, 15) is 8.60 Å². The Morgan fingerprint density at radius 1 is 1.12 bits per heavy atom. The van der Waals surface area contributed by atoms with Gasteiger partial charge in [0.15, 0.2) is 11.1 Å². The van der Waals surface area contributed by atoms with Crippen LogP contribution in [0.15, 0.2) is 54.6 Å². The van der Waals surface area contributed by atoms with Crippen molar-refractivity contribution >= 4 is 27.0 Å². The number of alkyl halides is 1. The van der Waals surface area contributed by atoms with Crippen molar-refractivity contribution in [2.75, 3.05) is 5.33 Å². The molecule has 1 heterocycles. The summed E-state index contributed by atoms with van der Waals surface area (Å²) in [6, 6.07) is 16.3. The first-order valence-electron chi connectivity index (χ1n) is 8.19. The molecular formula is C20H19BrFNO2S. The molecule has 0 bridgehead atoms. The maximum atomic E-state index is 13.3. The Balaban J connectivity index is 2.09. The summed E-state index contributed by atoms with van der Waals surface area (Å²) in [7, 11) is 0. The van der Waals surface area contributed by atoms with E-state index in [0.717, 1.165) is 40.0 Å². The molecule has 0 fully saturated rings. The number of aromatic nitrogens is 1. The first-order chi connectivity index (χ1) is 12.5. The Labute approximate surface area is 163 Å². The molecule has 136 valence electrons. The number of nitrogens with zero attached hydrogens (tertiary/aromatic N) is 1. The summed E-state index contributed by atoms with van der Waals surface area (Å²) in [6.45, 7) is 2.06. The number of hydrogen-bond donors (Lipinski definition) is 1. The van der Waals surface area contributed by atoms with Crippen molar-refractivity contribution in [1.82, 2.24) is 4.57 Å². The van der Waals surface area contributed by atoms with E-state index in [1.54, 1.807) is 12.1 Å². The van der Waals surface area contributed by atoms with Crippen LogP contribution in [0.5, 0.6) is 0 Å². The molecule has 3 aromatic rings. The molecule has 3 nitrogen and oxygen atoms in total. The highest BCUT2D eigenvalue weighted by Gasteiger charge is 2.15. The third-order valence-corrected chi connectivity index (χ3v) is 5.32. The molecule has 0 aliphatic rings. The van der Waals surface area contributed by atoms with Crippen molar-refractivity contribution in [1.29, 1.82) is 0 Å². The summed E-state index contributed by atoms with van der Waals surface area (Å²) >= 11 is 1.64. The third-order valence-electron chi connectivity index (χ3n) is 4.34. The van der Waals surface area contributed by atoms with Gasteiger partial charge in [-0.3, -0.25) is 0 Å². The van der Waals surface area contributed by atoms with Gasteiger partial charge in [0.1, 0.15) is 5.82 Å². The molecule has 3 rings (SSSR count). The fourth-order valence-electron chi connectivity index (χ4n) is 3.06. The smallest absolute Gasteiger partial charge is 0.157 e. The highest BCUT2D eigenvalue weighted by atomic mass is 79.9. The second kappa shape index (κ2) is 8.29. The monoisotopic (exact) mass is 435 g/mol. The van der Waals surface area contributed by atoms with Gasteiger partial charge in [0.2, 0.25) is 0 Å². The zero-order chi connectivity index (χ0) is 18.7. The average molecular weight is 436 g/mol. The summed E-state index contributed by atoms with van der Waals surface area (Å²) in [5.41, 5.74) is 6.08. The molecule has 0 spiro atoms. The standard InChI is InChI=1S/C20H19BrFNO2S/c1-14-17(10-11-21)12-20(23(14)19-8-6-18(22)7-9-19)16-4-2-15(3-5-16)13-26(24)25/h2-9,12H,10-11,13H2,1H3,(H,24,25). The molecule has 0 saturated carbocycles. The van der Waals surface area contributed by atoms with Gasteiger partial charge in [0.25, 0.3) is 0 Å². The van der Waals surface area contributed by atoms with Crippen LogP contribution < -0.4 is 0 Å². The average Bonchev–Trinajstić information content (AvgIpc) is 2.93. The molecule has 1 aromatic heterocycles. The van der Waals surface area contributed by atoms with E-state index in [1.165, 1.54) is 17.7 Å². The lowest BCUT2D eigenvalue weighted by Gasteiger charge is -2.13. The molecule has 0 saturated heterocycles. The molecule has 0 amide bonds. The number of rotatable bonds is 6. The molecule has 1 atom stereocenters. The summed E-state index contributed by atoms with van der Waals surface area (Å²) in [5.74, 6) is -0.144. The van der Waals surface area contributed by atoms with Crippen molar-refractivity contribution in [3.05, 3.63) is 77.2 Å². The Kier molecular flexibility index (Phi) is 6.06. The Bertz CT molecular complexity index is 920. The largest absolute Gasteiger partial charge is 0.314 e. The lowest BCUT2D eigenvalue weighted by molar-refractivity contribution is 0.563. The maximum absolute atomic E-state index is 13.3. The van der Waals surface area contributed by atoms with Gasteiger partial charge in [-0.15, -0.1) is 0 Å². The molecule has 1 unspecified atom stereocenters. The van der Waals surface area contributed by atoms with Crippen molar-refractivity contribution < 1.29 is 13.2 Å². The number of hydrogen-bond acceptors (Lipinski definition) is 1. The van der Waals surface area contributed by atoms with Gasteiger partial charge >= 0.3 is 0 Å². The summed E-state index contributed by atoms with van der Waals surface area (Å²) in [5, 5.41) is 0.863. The quantitative estimate of drug-likeness (QED) is 0.424. The molecule has 0 radical (unpaired) electrons. The van der Waals surface area contributed by atoms with Gasteiger partial charge in [0, 0.05) is 16.7 Å². The molecule has 26 heavy (non-hydrogen) atoms. The van der Waals surface area contributed by atoms with E-state index in [4.69, 9.17) is 4.55 Å². The third kappa shape index (κ3) is 4.14. The second-order valence-electron chi connectivity index (χ2n) is 6.05. The Morgan fingerprint density at radius 2 is 1.77 bits per heavy atom. The number of aryl methyl sites for hydroxylation is 1. The molecule has 2 aromatic carbocycles. The van der Waals surface area contributed by atoms with Crippen molar-refractivity contribution in [3.63, 3.8) is 0 Å². The fourth-order valence-corrected chi connectivity index (χ4v) is 3.97. The predicted molar refractivity (Wildman–Crippen MR) is 108 cm³/mol. The van der Waals surface area contributed by atoms with Gasteiger partial charge in [0.05, 0.1) is 11.4 Å². The summed E-state index contributed by atoms with van der Waals surface area (Å²) in [6.07, 6.45) is 0.897. The van der Waals surface area contributed by atoms with Crippen molar-refractivity contribution in [2.24, 2.45) is 0 Å². The van der Waals surface area contributed by atoms with E-state index in [0.29, 0.717) is 0 Å². The van der Waals surface area contributed by atoms with E-state index in [1.807, 2.05) is 24.3 Å². The van der Waals surface area contributed by atoms with Gasteiger partial charge in [-0.2, -0.15) is 0 Å². The lowest BCUT2D eigenvalue weighted by atomic mass is 10.1. The number of halogens is 2. The first-order valence-corrected chi connectivity index (χ1v) is 10.6. The molecule has 1 N–H and O–H groups in total. The highest BCUT2D eigenvalue weighted by molar-refractivity contribution is 9.09. The van der Waals surface area contributed by atoms with Crippen LogP contribution in [-0.4, -0.2) is 18.7 Å². The van der Waals surface area contributed by atoms with Crippen LogP contribution in [0.2, 0.25) is 0 Å². The molecule has 0 aliphatic carbocycles. The normalized spacial score (nSPS) is 12.3. The zero-order valence-corrected chi connectivity index (χ0v) is 16.7. The van der Waals surface area contributed by atoms with Gasteiger partial charge in [-0.05, 0) is 60.4 Å². The van der Waals surface area contributed by atoms with Gasteiger partial charge in [-0.1, -0.05) is 40.2 Å². The maximum Gasteiger partial charge on any atom is 0.157 e. The van der Waals surface area contributed by atoms with Crippen molar-refractivity contribution in [2.45, 2.75) is 19.1 Å². The van der Waals surface area contributed by atoms with Crippen LogP contribution in [0.25, 0.3) is 16.9 Å². The van der Waals surface area contributed by atoms with Gasteiger partial charge in [-0.25, -0.2) is 8.60 Å². The first kappa shape index (κ1) is 19.0. The van der Waals surface area contributed by atoms with Gasteiger partial charge < -0.3 is 9.12 Å². The minimum atomic E-state index is -1.85. The van der Waals surface area contributed by atoms with E-state index >= 15 is 0 Å². The highest BCUT2D eigenvalue weighted by Crippen LogP contribution is 2.30. The minimum absolute atomic E-state index is 0.118. The van der Waals surface area contributed by atoms with E-state index in [-0.39, 0.29) is 11.6 Å². The lowest BCUT2D eigenvalue weighted by Crippen LogP contribution is -2.00. The van der Waals surface area contributed by atoms with Crippen LogP contribution in [0.1, 0.15) is 16.8 Å². The van der Waals surface area contributed by atoms with Crippen LogP contribution in [-0.2, 0) is 23.3 Å². The summed E-state index contributed by atoms with van der Waals surface area (Å²) < 4.78 is 35.5. The van der Waals surface area contributed by atoms with E-state index in [2.05, 4.69) is 33.5 Å². The van der Waals surface area contributed by atoms with Crippen molar-refractivity contribution in [3.8, 4) is 16.9 Å². The fraction of sp³-hybridized carbons (Fsp3) is 0.200. The van der Waals surface area contributed by atoms with E-state index < -0.39 is 11.1 Å². The second-order valence-corrected chi connectivity index (χ2v) is 7.78. The SMILES string of the molecule is Cc1c(CCBr)cc(-c2ccc(CS(=O)O)cc2)n1-c1ccc(F)cc1. The van der Waals surface area contributed by atoms with Crippen LogP contribution >= 0.6 is 15.9 Å². The summed E-state index contributed by atoms with van der Waals surface area (Å²) in [4.78, 5) is 0. The molecule has 0 aliphatic heterocycles. The number of benzene rings is 2. The Morgan fingerprint density at radius 3 is 2.35 bits per heavy atom.